The molecule has 39 heavy (non-hydrogen) atoms. The molecule has 0 aliphatic carbocycles. The van der Waals surface area contributed by atoms with Gasteiger partial charge in [-0.15, -0.1) is 0 Å². The van der Waals surface area contributed by atoms with Crippen LogP contribution in [0, 0.1) is 5.82 Å². The van der Waals surface area contributed by atoms with Gasteiger partial charge in [-0.3, -0.25) is 0 Å². The molecule has 4 atom stereocenters. The van der Waals surface area contributed by atoms with Gasteiger partial charge in [0.15, 0.2) is 0 Å². The van der Waals surface area contributed by atoms with Gasteiger partial charge in [-0.2, -0.15) is 0 Å². The maximum Gasteiger partial charge on any atom is 0.408 e. The molecule has 0 fully saturated rings. The normalized spacial score (nSPS) is 15.8. The minimum absolute atomic E-state index is 0.0230. The number of carboxylic acids is 1. The second-order valence-corrected chi connectivity index (χ2v) is 17.6. The summed E-state index contributed by atoms with van der Waals surface area (Å²) in [4.78, 5) is 24.0. The fourth-order valence-corrected chi connectivity index (χ4v) is 10.9. The van der Waals surface area contributed by atoms with Gasteiger partial charge < -0.3 is 29.4 Å². The van der Waals surface area contributed by atoms with E-state index in [4.69, 9.17) is 13.9 Å². The van der Waals surface area contributed by atoms with Crippen LogP contribution in [0.3, 0.4) is 0 Å². The number of carbonyl (C=O) groups is 2. The maximum atomic E-state index is 13.6. The number of hydrogen-bond acceptors (Lipinski definition) is 6. The Kier molecular flexibility index (Phi) is 13.6. The van der Waals surface area contributed by atoms with Gasteiger partial charge >= 0.3 is 12.1 Å². The number of aliphatic carboxylic acids is 1. The van der Waals surface area contributed by atoms with Gasteiger partial charge in [0.2, 0.25) is 8.32 Å². The van der Waals surface area contributed by atoms with Gasteiger partial charge in [-0.05, 0) is 62.0 Å². The van der Waals surface area contributed by atoms with Gasteiger partial charge in [0, 0.05) is 19.4 Å². The first kappa shape index (κ1) is 35.0. The molecule has 0 saturated carbocycles. The molecule has 0 heterocycles. The molecule has 1 rings (SSSR count). The summed E-state index contributed by atoms with van der Waals surface area (Å²) in [5, 5.41) is 23.0. The van der Waals surface area contributed by atoms with Crippen LogP contribution in [0.5, 0.6) is 0 Å². The van der Waals surface area contributed by atoms with Crippen LogP contribution in [0.25, 0.3) is 0 Å². The summed E-state index contributed by atoms with van der Waals surface area (Å²) in [6.45, 7) is 19.6. The van der Waals surface area contributed by atoms with Crippen molar-refractivity contribution in [3.05, 3.63) is 35.6 Å². The third-order valence-corrected chi connectivity index (χ3v) is 13.1. The summed E-state index contributed by atoms with van der Waals surface area (Å²) < 4.78 is 32.0. The van der Waals surface area contributed by atoms with E-state index >= 15 is 0 Å². The monoisotopic (exact) mass is 571 g/mol. The molecule has 1 amide bonds. The Bertz CT molecular complexity index is 878. The van der Waals surface area contributed by atoms with Crippen LogP contribution >= 0.6 is 0 Å². The lowest BCUT2D eigenvalue weighted by Gasteiger charge is -2.46. The Morgan fingerprint density at radius 1 is 0.974 bits per heavy atom. The van der Waals surface area contributed by atoms with Crippen LogP contribution < -0.4 is 5.32 Å². The van der Waals surface area contributed by atoms with Crippen molar-refractivity contribution in [1.29, 1.82) is 0 Å². The molecular weight excluding hydrogens is 521 g/mol. The van der Waals surface area contributed by atoms with E-state index in [1.54, 1.807) is 39.8 Å². The number of ether oxygens (including phenoxy) is 2. The summed E-state index contributed by atoms with van der Waals surface area (Å²) in [7, 11) is -2.43. The zero-order chi connectivity index (χ0) is 30.1. The number of alkyl carbamates (subject to hydrolysis) is 1. The summed E-state index contributed by atoms with van der Waals surface area (Å²) in [5.74, 6) is -1.57. The molecule has 0 bridgehead atoms. The quantitative estimate of drug-likeness (QED) is 0.219. The van der Waals surface area contributed by atoms with E-state index in [1.807, 2.05) is 0 Å². The zero-order valence-corrected chi connectivity index (χ0v) is 26.3. The van der Waals surface area contributed by atoms with Crippen LogP contribution in [0.2, 0.25) is 16.6 Å². The highest BCUT2D eigenvalue weighted by Gasteiger charge is 2.48. The van der Waals surface area contributed by atoms with Crippen LogP contribution in [0.1, 0.15) is 81.2 Å². The average Bonchev–Trinajstić information content (AvgIpc) is 2.77. The lowest BCUT2D eigenvalue weighted by Crippen LogP contribution is -2.55. The number of aliphatic hydroxyl groups is 1. The number of carboxylic acid groups (broad SMARTS) is 1. The molecule has 0 aliphatic rings. The molecule has 224 valence electrons. The van der Waals surface area contributed by atoms with Crippen molar-refractivity contribution in [3.63, 3.8) is 0 Å². The van der Waals surface area contributed by atoms with E-state index in [1.165, 1.54) is 12.1 Å². The number of carbonyl (C=O) groups excluding carboxylic acids is 1. The summed E-state index contributed by atoms with van der Waals surface area (Å²) >= 11 is 0. The lowest BCUT2D eigenvalue weighted by atomic mass is 10.0. The molecule has 0 radical (unpaired) electrons. The molecule has 0 saturated heterocycles. The zero-order valence-electron chi connectivity index (χ0n) is 25.3. The number of nitrogens with one attached hydrogen (secondary N) is 1. The number of rotatable bonds is 15. The second-order valence-electron chi connectivity index (χ2n) is 12.2. The Labute approximate surface area is 234 Å². The van der Waals surface area contributed by atoms with Crippen molar-refractivity contribution in [2.24, 2.45) is 0 Å². The fraction of sp³-hybridized carbons (Fsp3) is 0.724. The topological polar surface area (TPSA) is 114 Å². The Hall–Kier alpha value is -2.01. The first-order valence-corrected chi connectivity index (χ1v) is 16.0. The van der Waals surface area contributed by atoms with Crippen molar-refractivity contribution in [1.82, 2.24) is 5.32 Å². The maximum absolute atomic E-state index is 13.6. The van der Waals surface area contributed by atoms with Crippen molar-refractivity contribution in [3.8, 4) is 0 Å². The number of aliphatic hydroxyl groups excluding tert-OH is 1. The molecule has 10 heteroatoms. The molecule has 0 aromatic heterocycles. The molecule has 1 aromatic carbocycles. The molecular formula is C29H50FNO7Si. The summed E-state index contributed by atoms with van der Waals surface area (Å²) in [5.41, 5.74) is 0.813. The standard InChI is InChI=1S/C29H50FNO7Si/c1-18(2)39(19(3)4,20(5)6)38-26(21(7)32)25(17-22-11-13-23(30)14-12-22)36-16-15-24(27(33)34)31-28(35)37-29(8,9)10/h11-14,18-21,24-26,32H,15-17H2,1-10H3,(H,31,35)(H,33,34)/t21-,24-,25+,26-/m0/s1. The van der Waals surface area contributed by atoms with E-state index in [9.17, 15) is 24.2 Å². The third-order valence-electron chi connectivity index (χ3n) is 6.97. The first-order valence-electron chi connectivity index (χ1n) is 13.8. The first-order chi connectivity index (χ1) is 17.9. The second kappa shape index (κ2) is 15.1. The highest BCUT2D eigenvalue weighted by Crippen LogP contribution is 2.44. The predicted octanol–water partition coefficient (Wildman–Crippen LogP) is 6.06. The lowest BCUT2D eigenvalue weighted by molar-refractivity contribution is -0.140. The van der Waals surface area contributed by atoms with Crippen LogP contribution in [0.15, 0.2) is 24.3 Å². The SMILES string of the molecule is CC(C)[Si](O[C@@H]([C@H](C)O)[C@@H](Cc1ccc(F)cc1)OCC[C@H](NC(=O)OC(C)(C)C)C(=O)O)(C(C)C)C(C)C. The fourth-order valence-electron chi connectivity index (χ4n) is 5.30. The largest absolute Gasteiger partial charge is 0.480 e. The van der Waals surface area contributed by atoms with E-state index in [2.05, 4.69) is 46.9 Å². The third kappa shape index (κ3) is 10.8. The molecule has 3 N–H and O–H groups in total. The smallest absolute Gasteiger partial charge is 0.408 e. The van der Waals surface area contributed by atoms with Gasteiger partial charge in [-0.25, -0.2) is 14.0 Å². The van der Waals surface area contributed by atoms with Crippen LogP contribution in [-0.4, -0.2) is 67.2 Å². The minimum Gasteiger partial charge on any atom is -0.480 e. The van der Waals surface area contributed by atoms with E-state index < -0.39 is 50.3 Å². The Morgan fingerprint density at radius 3 is 1.90 bits per heavy atom. The highest BCUT2D eigenvalue weighted by atomic mass is 28.4. The molecule has 0 spiro atoms. The summed E-state index contributed by atoms with van der Waals surface area (Å²) in [6.07, 6.45) is -2.75. The van der Waals surface area contributed by atoms with Crippen molar-refractivity contribution in [2.45, 2.75) is 129 Å². The number of amides is 1. The highest BCUT2D eigenvalue weighted by molar-refractivity contribution is 6.77. The van der Waals surface area contributed by atoms with Crippen LogP contribution in [0.4, 0.5) is 9.18 Å². The predicted molar refractivity (Wildman–Crippen MR) is 153 cm³/mol. The molecule has 0 unspecified atom stereocenters. The molecule has 8 nitrogen and oxygen atoms in total. The van der Waals surface area contributed by atoms with Crippen molar-refractivity contribution < 1.29 is 38.1 Å². The van der Waals surface area contributed by atoms with E-state index in [0.717, 1.165) is 5.56 Å². The van der Waals surface area contributed by atoms with E-state index in [0.29, 0.717) is 6.42 Å². The summed E-state index contributed by atoms with van der Waals surface area (Å²) in [6, 6.07) is 4.82. The van der Waals surface area contributed by atoms with Crippen molar-refractivity contribution >= 4 is 20.4 Å². The Balaban J connectivity index is 3.25. The van der Waals surface area contributed by atoms with Gasteiger partial charge in [-0.1, -0.05) is 53.7 Å². The van der Waals surface area contributed by atoms with Crippen LogP contribution in [-0.2, 0) is 25.1 Å². The Morgan fingerprint density at radius 2 is 1.49 bits per heavy atom. The average molecular weight is 572 g/mol. The van der Waals surface area contributed by atoms with Gasteiger partial charge in [0.05, 0.1) is 18.3 Å². The minimum atomic E-state index is -2.43. The number of halogens is 1. The number of hydrogen-bond donors (Lipinski definition) is 3. The van der Waals surface area contributed by atoms with Gasteiger partial charge in [0.25, 0.3) is 0 Å². The molecule has 0 aliphatic heterocycles. The van der Waals surface area contributed by atoms with E-state index in [-0.39, 0.29) is 35.5 Å². The molecule has 1 aromatic rings. The van der Waals surface area contributed by atoms with Crippen molar-refractivity contribution in [2.75, 3.05) is 6.61 Å². The van der Waals surface area contributed by atoms with Gasteiger partial charge in [0.1, 0.15) is 17.5 Å². The number of benzene rings is 1.